The molecule has 0 bridgehead atoms. The van der Waals surface area contributed by atoms with Crippen molar-refractivity contribution in [2.24, 2.45) is 0 Å². The number of hydrogen-bond acceptors (Lipinski definition) is 3. The Kier molecular flexibility index (Phi) is 4.12. The fraction of sp³-hybridized carbons (Fsp3) is 0.125. The summed E-state index contributed by atoms with van der Waals surface area (Å²) in [6.45, 7) is 0. The molecule has 2 aromatic heterocycles. The van der Waals surface area contributed by atoms with Crippen LogP contribution in [0, 0.1) is 5.82 Å². The molecule has 7 heteroatoms. The average molecular weight is 332 g/mol. The highest BCUT2D eigenvalue weighted by Crippen LogP contribution is 2.20. The van der Waals surface area contributed by atoms with Crippen LogP contribution >= 0.6 is 11.3 Å². The lowest BCUT2D eigenvalue weighted by atomic mass is 10.0. The molecule has 0 spiro atoms. The first kappa shape index (κ1) is 15.2. The molecule has 0 fully saturated rings. The van der Waals surface area contributed by atoms with Crippen molar-refractivity contribution in [2.45, 2.75) is 12.5 Å². The van der Waals surface area contributed by atoms with Gasteiger partial charge in [0.05, 0.1) is 5.56 Å². The lowest BCUT2D eigenvalue weighted by Crippen LogP contribution is -2.42. The molecule has 1 atom stereocenters. The van der Waals surface area contributed by atoms with E-state index in [1.165, 1.54) is 23.5 Å². The molecule has 1 amide bonds. The Morgan fingerprint density at radius 3 is 2.87 bits per heavy atom. The maximum Gasteiger partial charge on any atom is 0.326 e. The molecule has 1 aromatic carbocycles. The Hall–Kier alpha value is -2.67. The average Bonchev–Trinajstić information content (AvgIpc) is 3.16. The molecule has 2 heterocycles. The number of rotatable bonds is 5. The minimum atomic E-state index is -1.12. The van der Waals surface area contributed by atoms with Crippen LogP contribution in [-0.4, -0.2) is 28.0 Å². The van der Waals surface area contributed by atoms with Crippen molar-refractivity contribution < 1.29 is 19.1 Å². The maximum atomic E-state index is 13.2. The van der Waals surface area contributed by atoms with Crippen LogP contribution in [-0.2, 0) is 11.2 Å². The molecule has 0 saturated heterocycles. The number of carbonyl (C=O) groups is 2. The number of carboxylic acid groups (broad SMARTS) is 1. The first-order valence-electron chi connectivity index (χ1n) is 6.86. The number of benzene rings is 1. The first-order chi connectivity index (χ1) is 11.0. The molecule has 1 unspecified atom stereocenters. The number of carbonyl (C=O) groups excluding carboxylic acids is 1. The molecular formula is C16H13FN2O3S. The molecule has 3 rings (SSSR count). The largest absolute Gasteiger partial charge is 0.480 e. The number of halogens is 1. The Morgan fingerprint density at radius 2 is 2.17 bits per heavy atom. The zero-order valence-corrected chi connectivity index (χ0v) is 12.7. The predicted octanol–water partition coefficient (Wildman–Crippen LogP) is 2.79. The lowest BCUT2D eigenvalue weighted by molar-refractivity contribution is -0.139. The van der Waals surface area contributed by atoms with Crippen LogP contribution in [0.3, 0.4) is 0 Å². The van der Waals surface area contributed by atoms with E-state index in [0.29, 0.717) is 16.6 Å². The van der Waals surface area contributed by atoms with Gasteiger partial charge in [-0.1, -0.05) is 0 Å². The second-order valence-corrected chi connectivity index (χ2v) is 5.86. The SMILES string of the molecule is O=C(NC(Cc1c[nH]c2cc(F)ccc12)C(=O)O)c1ccsc1. The summed E-state index contributed by atoms with van der Waals surface area (Å²) in [7, 11) is 0. The van der Waals surface area contributed by atoms with Crippen molar-refractivity contribution >= 4 is 34.1 Å². The number of fused-ring (bicyclic) bond motifs is 1. The minimum Gasteiger partial charge on any atom is -0.480 e. The second kappa shape index (κ2) is 6.21. The van der Waals surface area contributed by atoms with Gasteiger partial charge in [-0.3, -0.25) is 4.79 Å². The molecule has 0 aliphatic carbocycles. The number of aliphatic carboxylic acids is 1. The Balaban J connectivity index is 1.81. The van der Waals surface area contributed by atoms with Crippen LogP contribution in [0.1, 0.15) is 15.9 Å². The molecule has 3 aromatic rings. The highest BCUT2D eigenvalue weighted by atomic mass is 32.1. The quantitative estimate of drug-likeness (QED) is 0.672. The smallest absolute Gasteiger partial charge is 0.326 e. The van der Waals surface area contributed by atoms with Gasteiger partial charge in [0.25, 0.3) is 5.91 Å². The standard InChI is InChI=1S/C16H13FN2O3S/c17-11-1-2-12-10(7-18-13(12)6-11)5-14(16(21)22)19-15(20)9-3-4-23-8-9/h1-4,6-8,14,18H,5H2,(H,19,20)(H,21,22). The van der Waals surface area contributed by atoms with Gasteiger partial charge >= 0.3 is 5.97 Å². The molecule has 23 heavy (non-hydrogen) atoms. The summed E-state index contributed by atoms with van der Waals surface area (Å²) in [5, 5.41) is 16.0. The van der Waals surface area contributed by atoms with E-state index < -0.39 is 17.9 Å². The highest BCUT2D eigenvalue weighted by Gasteiger charge is 2.22. The van der Waals surface area contributed by atoms with Crippen molar-refractivity contribution in [3.63, 3.8) is 0 Å². The zero-order chi connectivity index (χ0) is 16.4. The molecule has 0 aliphatic heterocycles. The molecule has 0 saturated carbocycles. The van der Waals surface area contributed by atoms with Gasteiger partial charge in [-0.15, -0.1) is 0 Å². The van der Waals surface area contributed by atoms with Gasteiger partial charge in [-0.2, -0.15) is 11.3 Å². The Bertz CT molecular complexity index is 857. The van der Waals surface area contributed by atoms with Gasteiger partial charge in [-0.05, 0) is 35.2 Å². The molecule has 0 radical (unpaired) electrons. The van der Waals surface area contributed by atoms with E-state index in [2.05, 4.69) is 10.3 Å². The predicted molar refractivity (Wildman–Crippen MR) is 85.2 cm³/mol. The van der Waals surface area contributed by atoms with Crippen molar-refractivity contribution in [2.75, 3.05) is 0 Å². The monoisotopic (exact) mass is 332 g/mol. The van der Waals surface area contributed by atoms with Gasteiger partial charge in [0.15, 0.2) is 0 Å². The summed E-state index contributed by atoms with van der Waals surface area (Å²) in [4.78, 5) is 26.4. The van der Waals surface area contributed by atoms with Gasteiger partial charge < -0.3 is 15.4 Å². The van der Waals surface area contributed by atoms with E-state index in [1.54, 1.807) is 29.1 Å². The number of aromatic amines is 1. The molecule has 5 nitrogen and oxygen atoms in total. The Morgan fingerprint density at radius 1 is 1.35 bits per heavy atom. The van der Waals surface area contributed by atoms with Crippen molar-refractivity contribution in [3.8, 4) is 0 Å². The fourth-order valence-electron chi connectivity index (χ4n) is 2.38. The summed E-state index contributed by atoms with van der Waals surface area (Å²) >= 11 is 1.36. The van der Waals surface area contributed by atoms with Crippen molar-refractivity contribution in [3.05, 3.63) is 58.2 Å². The summed E-state index contributed by atoms with van der Waals surface area (Å²) in [6.07, 6.45) is 1.74. The van der Waals surface area contributed by atoms with E-state index in [0.717, 1.165) is 5.39 Å². The maximum absolute atomic E-state index is 13.2. The molecular weight excluding hydrogens is 319 g/mol. The zero-order valence-electron chi connectivity index (χ0n) is 11.9. The van der Waals surface area contributed by atoms with E-state index in [1.807, 2.05) is 0 Å². The first-order valence-corrected chi connectivity index (χ1v) is 7.80. The number of amides is 1. The fourth-order valence-corrected chi connectivity index (χ4v) is 3.02. The van der Waals surface area contributed by atoms with Gasteiger partial charge in [0.1, 0.15) is 11.9 Å². The van der Waals surface area contributed by atoms with Crippen LogP contribution in [0.5, 0.6) is 0 Å². The van der Waals surface area contributed by atoms with Crippen molar-refractivity contribution in [1.29, 1.82) is 0 Å². The Labute approximate surface area is 134 Å². The van der Waals surface area contributed by atoms with E-state index in [9.17, 15) is 19.1 Å². The summed E-state index contributed by atoms with van der Waals surface area (Å²) in [6, 6.07) is 4.83. The summed E-state index contributed by atoms with van der Waals surface area (Å²) in [5.41, 5.74) is 1.73. The normalized spacial score (nSPS) is 12.2. The number of nitrogens with one attached hydrogen (secondary N) is 2. The van der Waals surface area contributed by atoms with Crippen LogP contribution in [0.4, 0.5) is 4.39 Å². The van der Waals surface area contributed by atoms with Crippen LogP contribution in [0.15, 0.2) is 41.2 Å². The number of hydrogen-bond donors (Lipinski definition) is 3. The summed E-state index contributed by atoms with van der Waals surface area (Å²) < 4.78 is 13.2. The van der Waals surface area contributed by atoms with Crippen LogP contribution in [0.25, 0.3) is 10.9 Å². The number of H-pyrrole nitrogens is 1. The molecule has 3 N–H and O–H groups in total. The van der Waals surface area contributed by atoms with E-state index in [4.69, 9.17) is 0 Å². The lowest BCUT2D eigenvalue weighted by Gasteiger charge is -2.13. The minimum absolute atomic E-state index is 0.108. The number of aromatic nitrogens is 1. The second-order valence-electron chi connectivity index (χ2n) is 5.08. The third-order valence-corrected chi connectivity index (χ3v) is 4.22. The molecule has 118 valence electrons. The molecule has 0 aliphatic rings. The van der Waals surface area contributed by atoms with Crippen molar-refractivity contribution in [1.82, 2.24) is 10.3 Å². The highest BCUT2D eigenvalue weighted by molar-refractivity contribution is 7.08. The third kappa shape index (κ3) is 3.24. The number of thiophene rings is 1. The van der Waals surface area contributed by atoms with Gasteiger partial charge in [0.2, 0.25) is 0 Å². The topological polar surface area (TPSA) is 82.2 Å². The third-order valence-electron chi connectivity index (χ3n) is 3.54. The summed E-state index contributed by atoms with van der Waals surface area (Å²) in [5.74, 6) is -1.92. The number of carboxylic acids is 1. The van der Waals surface area contributed by atoms with Crippen LogP contribution < -0.4 is 5.32 Å². The van der Waals surface area contributed by atoms with Gasteiger partial charge in [0, 0.05) is 28.9 Å². The van der Waals surface area contributed by atoms with Gasteiger partial charge in [-0.25, -0.2) is 9.18 Å². The van der Waals surface area contributed by atoms with E-state index >= 15 is 0 Å². The van der Waals surface area contributed by atoms with Crippen LogP contribution in [0.2, 0.25) is 0 Å². The van der Waals surface area contributed by atoms with E-state index in [-0.39, 0.29) is 12.2 Å².